The molecular formula is C24H23N3O3S. The second-order valence-electron chi connectivity index (χ2n) is 6.93. The van der Waals surface area contributed by atoms with Crippen LogP contribution in [0, 0.1) is 25.2 Å². The Labute approximate surface area is 185 Å². The molecular weight excluding hydrogens is 410 g/mol. The number of ether oxygens (including phenoxy) is 1. The average molecular weight is 434 g/mol. The van der Waals surface area contributed by atoms with Crippen LogP contribution in [0.5, 0.6) is 5.75 Å². The van der Waals surface area contributed by atoms with Gasteiger partial charge in [-0.2, -0.15) is 5.26 Å². The summed E-state index contributed by atoms with van der Waals surface area (Å²) in [7, 11) is 1.57. The van der Waals surface area contributed by atoms with E-state index in [1.54, 1.807) is 32.4 Å². The Hall–Kier alpha value is -3.37. The number of rotatable bonds is 7. The molecule has 6 nitrogen and oxygen atoms in total. The van der Waals surface area contributed by atoms with Crippen molar-refractivity contribution in [1.82, 2.24) is 10.2 Å². The minimum atomic E-state index is -0.0534. The first-order chi connectivity index (χ1) is 15.0. The molecule has 3 rings (SSSR count). The molecule has 158 valence electrons. The quantitative estimate of drug-likeness (QED) is 0.510. The molecule has 0 saturated heterocycles. The largest absolute Gasteiger partial charge is 0.496 e. The molecule has 0 atom stereocenters. The lowest BCUT2D eigenvalue weighted by atomic mass is 9.92. The molecule has 31 heavy (non-hydrogen) atoms. The van der Waals surface area contributed by atoms with E-state index in [1.165, 1.54) is 0 Å². The van der Waals surface area contributed by atoms with Gasteiger partial charge in [-0.15, -0.1) is 10.2 Å². The molecule has 0 radical (unpaired) electrons. The van der Waals surface area contributed by atoms with Crippen LogP contribution in [0.25, 0.3) is 5.57 Å². The molecule has 0 amide bonds. The number of aromatic nitrogens is 2. The van der Waals surface area contributed by atoms with Gasteiger partial charge in [-0.25, -0.2) is 0 Å². The number of carbonyl (C=O) groups is 1. The number of carbonyl (C=O) groups excluding carboxylic acids is 1. The lowest BCUT2D eigenvalue weighted by Crippen LogP contribution is -2.02. The van der Waals surface area contributed by atoms with Crippen molar-refractivity contribution in [3.63, 3.8) is 0 Å². The first-order valence-corrected chi connectivity index (χ1v) is 11.0. The van der Waals surface area contributed by atoms with Gasteiger partial charge in [0.05, 0.1) is 24.3 Å². The standard InChI is InChI=1S/C24H23N3O3S/c1-15-12-19(13-21(23(15)29-3)24(28)31-4)20(18-10-8-17(14-25)9-11-18)6-5-7-22-27-26-16(2)30-22/h6,8-13H,5,7H2,1-4H3/b20-6+. The van der Waals surface area contributed by atoms with Crippen molar-refractivity contribution in [2.24, 2.45) is 0 Å². The predicted molar refractivity (Wildman–Crippen MR) is 121 cm³/mol. The fraction of sp³-hybridized carbons (Fsp3) is 0.250. The van der Waals surface area contributed by atoms with E-state index < -0.39 is 0 Å². The van der Waals surface area contributed by atoms with Gasteiger partial charge in [-0.05, 0) is 66.1 Å². The maximum Gasteiger partial charge on any atom is 0.222 e. The van der Waals surface area contributed by atoms with E-state index in [1.807, 2.05) is 31.2 Å². The number of thioether (sulfide) groups is 1. The van der Waals surface area contributed by atoms with Crippen molar-refractivity contribution in [1.29, 1.82) is 5.26 Å². The van der Waals surface area contributed by atoms with Gasteiger partial charge in [0.2, 0.25) is 16.9 Å². The van der Waals surface area contributed by atoms with Crippen molar-refractivity contribution in [2.75, 3.05) is 13.4 Å². The number of methoxy groups -OCH3 is 1. The van der Waals surface area contributed by atoms with Crippen LogP contribution in [0.1, 0.15) is 50.8 Å². The van der Waals surface area contributed by atoms with E-state index in [-0.39, 0.29) is 5.12 Å². The van der Waals surface area contributed by atoms with Crippen LogP contribution in [0.3, 0.4) is 0 Å². The van der Waals surface area contributed by atoms with E-state index in [2.05, 4.69) is 22.3 Å². The lowest BCUT2D eigenvalue weighted by Gasteiger charge is -2.15. The van der Waals surface area contributed by atoms with Crippen LogP contribution < -0.4 is 4.74 Å². The van der Waals surface area contributed by atoms with E-state index >= 15 is 0 Å². The molecule has 7 heteroatoms. The second-order valence-corrected chi connectivity index (χ2v) is 7.71. The van der Waals surface area contributed by atoms with Crippen LogP contribution in [0.2, 0.25) is 0 Å². The molecule has 0 spiro atoms. The van der Waals surface area contributed by atoms with Crippen LogP contribution >= 0.6 is 11.8 Å². The number of nitrogens with zero attached hydrogens (tertiary/aromatic N) is 3. The Morgan fingerprint density at radius 3 is 2.52 bits per heavy atom. The summed E-state index contributed by atoms with van der Waals surface area (Å²) < 4.78 is 11.0. The normalized spacial score (nSPS) is 11.3. The molecule has 0 fully saturated rings. The molecule has 0 bridgehead atoms. The SMILES string of the molecule is COc1c(C)cc(/C(=C/CCc2nnc(C)o2)c2ccc(C#N)cc2)cc1C(=O)SC. The van der Waals surface area contributed by atoms with E-state index in [4.69, 9.17) is 14.4 Å². The summed E-state index contributed by atoms with van der Waals surface area (Å²) in [6.07, 6.45) is 5.13. The second kappa shape index (κ2) is 10.1. The molecule has 0 unspecified atom stereocenters. The molecule has 1 aromatic heterocycles. The third-order valence-electron chi connectivity index (χ3n) is 4.79. The third-order valence-corrected chi connectivity index (χ3v) is 5.39. The van der Waals surface area contributed by atoms with Crippen molar-refractivity contribution in [2.45, 2.75) is 26.7 Å². The van der Waals surface area contributed by atoms with Crippen LogP contribution in [0.15, 0.2) is 46.9 Å². The zero-order valence-electron chi connectivity index (χ0n) is 17.9. The summed E-state index contributed by atoms with van der Waals surface area (Å²) in [6.45, 7) is 3.69. The first-order valence-electron chi connectivity index (χ1n) is 9.73. The minimum Gasteiger partial charge on any atom is -0.496 e. The highest BCUT2D eigenvalue weighted by atomic mass is 32.2. The Balaban J connectivity index is 2.06. The predicted octanol–water partition coefficient (Wildman–Crippen LogP) is 5.13. The Morgan fingerprint density at radius 1 is 1.19 bits per heavy atom. The van der Waals surface area contributed by atoms with Crippen molar-refractivity contribution >= 4 is 22.5 Å². The van der Waals surface area contributed by atoms with Gasteiger partial charge in [0, 0.05) is 13.3 Å². The summed E-state index contributed by atoms with van der Waals surface area (Å²) in [4.78, 5) is 12.5. The molecule has 3 aromatic rings. The van der Waals surface area contributed by atoms with Crippen molar-refractivity contribution < 1.29 is 13.9 Å². The maximum absolute atomic E-state index is 12.5. The number of aryl methyl sites for hydroxylation is 3. The molecule has 0 aliphatic rings. The molecule has 2 aromatic carbocycles. The van der Waals surface area contributed by atoms with Gasteiger partial charge < -0.3 is 9.15 Å². The Kier molecular flexibility index (Phi) is 7.27. The summed E-state index contributed by atoms with van der Waals surface area (Å²) in [5, 5.41) is 17.0. The molecule has 0 aliphatic carbocycles. The lowest BCUT2D eigenvalue weighted by molar-refractivity contribution is 0.108. The summed E-state index contributed by atoms with van der Waals surface area (Å²) in [5.74, 6) is 1.71. The topological polar surface area (TPSA) is 89.0 Å². The molecule has 0 saturated carbocycles. The zero-order chi connectivity index (χ0) is 22.4. The van der Waals surface area contributed by atoms with Crippen LogP contribution in [-0.2, 0) is 6.42 Å². The number of allylic oxidation sites excluding steroid dienone is 1. The monoisotopic (exact) mass is 433 g/mol. The molecule has 1 heterocycles. The van der Waals surface area contributed by atoms with E-state index in [0.29, 0.717) is 41.5 Å². The van der Waals surface area contributed by atoms with Crippen molar-refractivity contribution in [3.05, 3.63) is 82.1 Å². The summed E-state index contributed by atoms with van der Waals surface area (Å²) in [5.41, 5.74) is 4.83. The van der Waals surface area contributed by atoms with Gasteiger partial charge in [0.15, 0.2) is 0 Å². The van der Waals surface area contributed by atoms with Gasteiger partial charge in [-0.1, -0.05) is 30.0 Å². The van der Waals surface area contributed by atoms with Crippen LogP contribution in [-0.4, -0.2) is 28.7 Å². The number of nitriles is 1. The molecule has 0 aliphatic heterocycles. The number of hydrogen-bond acceptors (Lipinski definition) is 7. The smallest absolute Gasteiger partial charge is 0.222 e. The van der Waals surface area contributed by atoms with Gasteiger partial charge in [0.1, 0.15) is 5.75 Å². The number of benzene rings is 2. The third kappa shape index (κ3) is 5.22. The molecule has 0 N–H and O–H groups in total. The Bertz CT molecular complexity index is 1160. The Morgan fingerprint density at radius 2 is 1.94 bits per heavy atom. The van der Waals surface area contributed by atoms with Crippen LogP contribution in [0.4, 0.5) is 0 Å². The fourth-order valence-electron chi connectivity index (χ4n) is 3.37. The summed E-state index contributed by atoms with van der Waals surface area (Å²) in [6, 6.07) is 13.4. The first kappa shape index (κ1) is 22.3. The highest BCUT2D eigenvalue weighted by molar-refractivity contribution is 8.13. The zero-order valence-corrected chi connectivity index (χ0v) is 18.7. The number of hydrogen-bond donors (Lipinski definition) is 0. The minimum absolute atomic E-state index is 0.0534. The highest BCUT2D eigenvalue weighted by Crippen LogP contribution is 2.33. The van der Waals surface area contributed by atoms with E-state index in [0.717, 1.165) is 34.0 Å². The average Bonchev–Trinajstić information content (AvgIpc) is 3.20. The van der Waals surface area contributed by atoms with E-state index in [9.17, 15) is 4.79 Å². The van der Waals surface area contributed by atoms with Gasteiger partial charge >= 0.3 is 0 Å². The fourth-order valence-corrected chi connectivity index (χ4v) is 3.74. The van der Waals surface area contributed by atoms with Gasteiger partial charge in [-0.3, -0.25) is 4.79 Å². The maximum atomic E-state index is 12.5. The summed E-state index contributed by atoms with van der Waals surface area (Å²) >= 11 is 1.15. The van der Waals surface area contributed by atoms with Gasteiger partial charge in [0.25, 0.3) is 0 Å². The van der Waals surface area contributed by atoms with Crippen molar-refractivity contribution in [3.8, 4) is 11.8 Å². The highest BCUT2D eigenvalue weighted by Gasteiger charge is 2.17.